The molecule has 2 aromatic heterocycles. The van der Waals surface area contributed by atoms with Gasteiger partial charge in [-0.3, -0.25) is 4.68 Å². The van der Waals surface area contributed by atoms with Crippen LogP contribution in [0.3, 0.4) is 0 Å². The van der Waals surface area contributed by atoms with Crippen LogP contribution in [-0.4, -0.2) is 25.8 Å². The fourth-order valence-corrected chi connectivity index (χ4v) is 2.86. The Morgan fingerprint density at radius 3 is 2.79 bits per heavy atom. The third-order valence-electron chi connectivity index (χ3n) is 2.73. The summed E-state index contributed by atoms with van der Waals surface area (Å²) in [5, 5.41) is 14.2. The molecule has 1 N–H and O–H groups in total. The zero-order chi connectivity index (χ0) is 14.0. The van der Waals surface area contributed by atoms with Crippen molar-refractivity contribution in [2.24, 2.45) is 0 Å². The Kier molecular flexibility index (Phi) is 3.99. The van der Waals surface area contributed by atoms with Crippen LogP contribution >= 0.6 is 11.3 Å². The van der Waals surface area contributed by atoms with E-state index >= 15 is 0 Å². The SMILES string of the molecule is CCCn1cc(-c2nc(C(C)C)c(C(=O)O)s2)cn1. The zero-order valence-electron chi connectivity index (χ0n) is 11.3. The van der Waals surface area contributed by atoms with Crippen LogP contribution in [0.2, 0.25) is 0 Å². The average molecular weight is 279 g/mol. The number of aromatic nitrogens is 3. The summed E-state index contributed by atoms with van der Waals surface area (Å²) in [6, 6.07) is 0. The molecular formula is C13H17N3O2S. The fourth-order valence-electron chi connectivity index (χ4n) is 1.83. The van der Waals surface area contributed by atoms with Crippen molar-refractivity contribution in [3.63, 3.8) is 0 Å². The lowest BCUT2D eigenvalue weighted by Gasteiger charge is -2.00. The predicted molar refractivity (Wildman–Crippen MR) is 74.7 cm³/mol. The first-order valence-electron chi connectivity index (χ1n) is 6.29. The van der Waals surface area contributed by atoms with Crippen molar-refractivity contribution in [1.82, 2.24) is 14.8 Å². The lowest BCUT2D eigenvalue weighted by Crippen LogP contribution is -2.00. The monoisotopic (exact) mass is 279 g/mol. The van der Waals surface area contributed by atoms with Gasteiger partial charge in [-0.05, 0) is 12.3 Å². The minimum Gasteiger partial charge on any atom is -0.477 e. The fraction of sp³-hybridized carbons (Fsp3) is 0.462. The van der Waals surface area contributed by atoms with Crippen LogP contribution < -0.4 is 0 Å². The summed E-state index contributed by atoms with van der Waals surface area (Å²) in [7, 11) is 0. The Morgan fingerprint density at radius 1 is 1.53 bits per heavy atom. The molecule has 0 aromatic carbocycles. The molecule has 0 aliphatic rings. The molecule has 0 saturated heterocycles. The van der Waals surface area contributed by atoms with E-state index in [2.05, 4.69) is 17.0 Å². The molecule has 0 atom stereocenters. The standard InChI is InChI=1S/C13H17N3O2S/c1-4-5-16-7-9(6-14-16)12-15-10(8(2)3)11(19-12)13(17)18/h6-8H,4-5H2,1-3H3,(H,17,18). The van der Waals surface area contributed by atoms with Crippen LogP contribution in [0.5, 0.6) is 0 Å². The van der Waals surface area contributed by atoms with Crippen molar-refractivity contribution in [1.29, 1.82) is 0 Å². The first-order chi connectivity index (χ1) is 9.02. The Labute approximate surface area is 115 Å². The summed E-state index contributed by atoms with van der Waals surface area (Å²) in [5.74, 6) is -0.810. The summed E-state index contributed by atoms with van der Waals surface area (Å²) in [5.41, 5.74) is 1.53. The van der Waals surface area contributed by atoms with Crippen LogP contribution in [0.4, 0.5) is 0 Å². The van der Waals surface area contributed by atoms with Gasteiger partial charge in [0.15, 0.2) is 0 Å². The first-order valence-corrected chi connectivity index (χ1v) is 7.11. The lowest BCUT2D eigenvalue weighted by atomic mass is 10.1. The summed E-state index contributed by atoms with van der Waals surface area (Å²) in [6.07, 6.45) is 4.67. The number of rotatable bonds is 5. The molecule has 0 aliphatic heterocycles. The number of carboxylic acid groups (broad SMARTS) is 1. The second-order valence-electron chi connectivity index (χ2n) is 4.69. The highest BCUT2D eigenvalue weighted by atomic mass is 32.1. The quantitative estimate of drug-likeness (QED) is 0.912. The molecule has 0 radical (unpaired) electrons. The Balaban J connectivity index is 2.39. The van der Waals surface area contributed by atoms with Crippen molar-refractivity contribution in [2.75, 3.05) is 0 Å². The van der Waals surface area contributed by atoms with Crippen molar-refractivity contribution < 1.29 is 9.90 Å². The molecule has 0 saturated carbocycles. The van der Waals surface area contributed by atoms with Gasteiger partial charge in [0.25, 0.3) is 0 Å². The van der Waals surface area contributed by atoms with Gasteiger partial charge in [-0.2, -0.15) is 5.10 Å². The first kappa shape index (κ1) is 13.7. The van der Waals surface area contributed by atoms with Gasteiger partial charge in [0.1, 0.15) is 9.88 Å². The zero-order valence-corrected chi connectivity index (χ0v) is 12.1. The normalized spacial score (nSPS) is 11.2. The highest BCUT2D eigenvalue weighted by molar-refractivity contribution is 7.17. The van der Waals surface area contributed by atoms with Gasteiger partial charge in [0.2, 0.25) is 0 Å². The Hall–Kier alpha value is -1.69. The van der Waals surface area contributed by atoms with E-state index < -0.39 is 5.97 Å². The molecule has 6 heteroatoms. The summed E-state index contributed by atoms with van der Waals surface area (Å²) >= 11 is 1.22. The van der Waals surface area contributed by atoms with E-state index in [0.717, 1.165) is 23.5 Å². The van der Waals surface area contributed by atoms with Crippen molar-refractivity contribution >= 4 is 17.3 Å². The summed E-state index contributed by atoms with van der Waals surface area (Å²) in [6.45, 7) is 6.84. The number of carboxylic acids is 1. The number of aryl methyl sites for hydroxylation is 1. The van der Waals surface area contributed by atoms with E-state index in [1.807, 2.05) is 24.7 Å². The molecule has 19 heavy (non-hydrogen) atoms. The van der Waals surface area contributed by atoms with Crippen molar-refractivity contribution in [3.05, 3.63) is 23.0 Å². The van der Waals surface area contributed by atoms with E-state index in [9.17, 15) is 9.90 Å². The maximum absolute atomic E-state index is 11.2. The van der Waals surface area contributed by atoms with Gasteiger partial charge in [-0.1, -0.05) is 20.8 Å². The van der Waals surface area contributed by atoms with Gasteiger partial charge in [-0.15, -0.1) is 11.3 Å². The van der Waals surface area contributed by atoms with Crippen LogP contribution in [0.15, 0.2) is 12.4 Å². The van der Waals surface area contributed by atoms with E-state index in [1.165, 1.54) is 11.3 Å². The van der Waals surface area contributed by atoms with Crippen molar-refractivity contribution in [3.8, 4) is 10.6 Å². The van der Waals surface area contributed by atoms with Crippen LogP contribution in [0.1, 0.15) is 48.5 Å². The second kappa shape index (κ2) is 5.52. The molecule has 0 fully saturated rings. The molecule has 2 rings (SSSR count). The van der Waals surface area contributed by atoms with E-state index in [0.29, 0.717) is 10.6 Å². The van der Waals surface area contributed by atoms with Gasteiger partial charge >= 0.3 is 5.97 Å². The molecule has 0 unspecified atom stereocenters. The molecule has 5 nitrogen and oxygen atoms in total. The minimum absolute atomic E-state index is 0.0989. The summed E-state index contributed by atoms with van der Waals surface area (Å²) < 4.78 is 1.85. The minimum atomic E-state index is -0.909. The van der Waals surface area contributed by atoms with Gasteiger partial charge in [0.05, 0.1) is 11.9 Å². The molecule has 0 spiro atoms. The van der Waals surface area contributed by atoms with Crippen LogP contribution in [-0.2, 0) is 6.54 Å². The number of carbonyl (C=O) groups is 1. The third kappa shape index (κ3) is 2.84. The molecule has 0 aliphatic carbocycles. The van der Waals surface area contributed by atoms with E-state index in [-0.39, 0.29) is 5.92 Å². The largest absolute Gasteiger partial charge is 0.477 e. The number of hydrogen-bond acceptors (Lipinski definition) is 4. The van der Waals surface area contributed by atoms with E-state index in [4.69, 9.17) is 0 Å². The maximum Gasteiger partial charge on any atom is 0.347 e. The summed E-state index contributed by atoms with van der Waals surface area (Å²) in [4.78, 5) is 16.0. The number of aromatic carboxylic acids is 1. The molecular weight excluding hydrogens is 262 g/mol. The van der Waals surface area contributed by atoms with E-state index in [1.54, 1.807) is 6.20 Å². The van der Waals surface area contributed by atoms with Crippen LogP contribution in [0.25, 0.3) is 10.6 Å². The molecule has 0 amide bonds. The van der Waals surface area contributed by atoms with Gasteiger partial charge in [-0.25, -0.2) is 9.78 Å². The molecule has 2 aromatic rings. The molecule has 2 heterocycles. The average Bonchev–Trinajstić information content (AvgIpc) is 2.94. The topological polar surface area (TPSA) is 68.0 Å². The third-order valence-corrected chi connectivity index (χ3v) is 3.84. The Morgan fingerprint density at radius 2 is 2.26 bits per heavy atom. The number of thiazole rings is 1. The smallest absolute Gasteiger partial charge is 0.347 e. The molecule has 0 bridgehead atoms. The highest BCUT2D eigenvalue weighted by Crippen LogP contribution is 2.31. The molecule has 102 valence electrons. The number of nitrogens with zero attached hydrogens (tertiary/aromatic N) is 3. The highest BCUT2D eigenvalue weighted by Gasteiger charge is 2.20. The Bertz CT molecular complexity index is 586. The number of hydrogen-bond donors (Lipinski definition) is 1. The van der Waals surface area contributed by atoms with Crippen LogP contribution in [0, 0.1) is 0 Å². The van der Waals surface area contributed by atoms with Gasteiger partial charge < -0.3 is 5.11 Å². The lowest BCUT2D eigenvalue weighted by molar-refractivity contribution is 0.0700. The maximum atomic E-state index is 11.2. The predicted octanol–water partition coefficient (Wildman–Crippen LogP) is 3.24. The second-order valence-corrected chi connectivity index (χ2v) is 5.68. The van der Waals surface area contributed by atoms with Gasteiger partial charge in [0, 0.05) is 18.3 Å². The van der Waals surface area contributed by atoms with Crippen molar-refractivity contribution in [2.45, 2.75) is 39.7 Å².